The smallest absolute Gasteiger partial charge is 0.257 e. The van der Waals surface area contributed by atoms with Crippen molar-refractivity contribution in [3.63, 3.8) is 0 Å². The molecular weight excluding hydrogens is 326 g/mol. The Labute approximate surface area is 135 Å². The lowest BCUT2D eigenvalue weighted by Gasteiger charge is -2.05. The molecule has 3 heterocycles. The van der Waals surface area contributed by atoms with Gasteiger partial charge in [-0.25, -0.2) is 13.8 Å². The van der Waals surface area contributed by atoms with Crippen LogP contribution in [0.4, 0.5) is 8.78 Å². The number of hydrogen-bond donors (Lipinski definition) is 0. The van der Waals surface area contributed by atoms with Gasteiger partial charge < -0.3 is 4.74 Å². The second kappa shape index (κ2) is 6.70. The monoisotopic (exact) mass is 336 g/mol. The van der Waals surface area contributed by atoms with Crippen LogP contribution in [0.3, 0.4) is 0 Å². The van der Waals surface area contributed by atoms with Gasteiger partial charge in [-0.05, 0) is 18.2 Å². The highest BCUT2D eigenvalue weighted by molar-refractivity contribution is 6.29. The minimum Gasteiger partial charge on any atom is -0.453 e. The number of halogens is 3. The molecule has 0 fully saturated rings. The van der Waals surface area contributed by atoms with Crippen molar-refractivity contribution in [3.8, 4) is 22.9 Å². The molecule has 0 aromatic carbocycles. The molecule has 3 rings (SSSR count). The van der Waals surface area contributed by atoms with Gasteiger partial charge in [0.05, 0.1) is 11.9 Å². The van der Waals surface area contributed by atoms with Gasteiger partial charge in [0, 0.05) is 18.5 Å². The van der Waals surface area contributed by atoms with Gasteiger partial charge >= 0.3 is 0 Å². The third-order valence-electron chi connectivity index (χ3n) is 2.89. The van der Waals surface area contributed by atoms with E-state index in [-0.39, 0.29) is 5.15 Å². The second-order valence-corrected chi connectivity index (χ2v) is 4.97. The molecule has 0 aliphatic heterocycles. The van der Waals surface area contributed by atoms with E-state index in [1.807, 2.05) is 0 Å². The van der Waals surface area contributed by atoms with Crippen LogP contribution in [0.25, 0.3) is 11.4 Å². The fourth-order valence-electron chi connectivity index (χ4n) is 1.97. The number of pyridine rings is 2. The van der Waals surface area contributed by atoms with Crippen LogP contribution in [-0.4, -0.2) is 26.2 Å². The highest BCUT2D eigenvalue weighted by atomic mass is 35.5. The third-order valence-corrected chi connectivity index (χ3v) is 3.09. The maximum atomic E-state index is 12.6. The van der Waals surface area contributed by atoms with Crippen molar-refractivity contribution >= 4 is 11.6 Å². The Morgan fingerprint density at radius 1 is 1.17 bits per heavy atom. The molecule has 0 amide bonds. The van der Waals surface area contributed by atoms with Crippen LogP contribution in [-0.2, 0) is 6.54 Å². The number of aromatic nitrogens is 4. The van der Waals surface area contributed by atoms with Crippen LogP contribution < -0.4 is 4.74 Å². The van der Waals surface area contributed by atoms with E-state index in [0.29, 0.717) is 22.9 Å². The van der Waals surface area contributed by atoms with Crippen LogP contribution in [0.1, 0.15) is 0 Å². The zero-order valence-corrected chi connectivity index (χ0v) is 12.5. The van der Waals surface area contributed by atoms with Crippen LogP contribution in [0, 0.1) is 0 Å². The molecule has 0 N–H and O–H groups in total. The summed E-state index contributed by atoms with van der Waals surface area (Å²) in [6.07, 6.45) is 1.97. The molecule has 3 aromatic rings. The topological polar surface area (TPSA) is 52.8 Å². The van der Waals surface area contributed by atoms with Crippen LogP contribution >= 0.6 is 11.6 Å². The van der Waals surface area contributed by atoms with Gasteiger partial charge in [-0.15, -0.1) is 0 Å². The molecule has 0 radical (unpaired) electrons. The molecule has 23 heavy (non-hydrogen) atoms. The largest absolute Gasteiger partial charge is 0.453 e. The molecule has 0 spiro atoms. The molecular formula is C15H11ClF2N4O. The van der Waals surface area contributed by atoms with Gasteiger partial charge in [-0.2, -0.15) is 5.10 Å². The Morgan fingerprint density at radius 2 is 2.04 bits per heavy atom. The summed E-state index contributed by atoms with van der Waals surface area (Å²) in [6.45, 7) is -0.527. The second-order valence-electron chi connectivity index (χ2n) is 4.59. The van der Waals surface area contributed by atoms with Gasteiger partial charge in [0.25, 0.3) is 6.43 Å². The normalized spacial score (nSPS) is 11.0. The van der Waals surface area contributed by atoms with E-state index >= 15 is 0 Å². The predicted molar refractivity (Wildman–Crippen MR) is 80.8 cm³/mol. The van der Waals surface area contributed by atoms with Crippen LogP contribution in [0.2, 0.25) is 5.15 Å². The van der Waals surface area contributed by atoms with Crippen LogP contribution in [0.15, 0.2) is 48.9 Å². The summed E-state index contributed by atoms with van der Waals surface area (Å²) in [5.41, 5.74) is 0.898. The molecule has 0 unspecified atom stereocenters. The lowest BCUT2D eigenvalue weighted by atomic mass is 10.2. The Hall–Kier alpha value is -2.54. The molecule has 118 valence electrons. The molecule has 0 saturated heterocycles. The Morgan fingerprint density at radius 3 is 2.74 bits per heavy atom. The molecule has 0 aliphatic rings. The Balaban J connectivity index is 1.98. The summed E-state index contributed by atoms with van der Waals surface area (Å²) in [5, 5.41) is 4.41. The van der Waals surface area contributed by atoms with Gasteiger partial charge in [0.1, 0.15) is 17.4 Å². The van der Waals surface area contributed by atoms with Gasteiger partial charge in [0.15, 0.2) is 11.4 Å². The summed E-state index contributed by atoms with van der Waals surface area (Å²) >= 11 is 5.82. The molecule has 0 saturated carbocycles. The highest BCUT2D eigenvalue weighted by Crippen LogP contribution is 2.31. The van der Waals surface area contributed by atoms with Gasteiger partial charge in [-0.1, -0.05) is 17.7 Å². The van der Waals surface area contributed by atoms with Crippen molar-refractivity contribution < 1.29 is 13.5 Å². The van der Waals surface area contributed by atoms with E-state index < -0.39 is 13.0 Å². The van der Waals surface area contributed by atoms with Crippen molar-refractivity contribution in [2.75, 3.05) is 0 Å². The van der Waals surface area contributed by atoms with Crippen molar-refractivity contribution in [1.82, 2.24) is 19.7 Å². The minimum atomic E-state index is -2.52. The van der Waals surface area contributed by atoms with Crippen molar-refractivity contribution in [2.24, 2.45) is 0 Å². The summed E-state index contributed by atoms with van der Waals surface area (Å²) < 4.78 is 32.0. The molecule has 3 aromatic heterocycles. The molecule has 8 heteroatoms. The third kappa shape index (κ3) is 3.81. The zero-order chi connectivity index (χ0) is 16.2. The van der Waals surface area contributed by atoms with E-state index in [1.165, 1.54) is 18.5 Å². The number of nitrogens with zero attached hydrogens (tertiary/aromatic N) is 4. The van der Waals surface area contributed by atoms with Crippen molar-refractivity contribution in [1.29, 1.82) is 0 Å². The summed E-state index contributed by atoms with van der Waals surface area (Å²) in [6, 6.07) is 8.39. The fourth-order valence-corrected chi connectivity index (χ4v) is 2.13. The number of ether oxygens (including phenoxy) is 1. The predicted octanol–water partition coefficient (Wildman–Crippen LogP) is 4.05. The van der Waals surface area contributed by atoms with E-state index in [2.05, 4.69) is 15.1 Å². The van der Waals surface area contributed by atoms with E-state index in [4.69, 9.17) is 16.3 Å². The molecule has 5 nitrogen and oxygen atoms in total. The number of rotatable bonds is 5. The highest BCUT2D eigenvalue weighted by Gasteiger charge is 2.16. The van der Waals surface area contributed by atoms with Crippen LogP contribution in [0.5, 0.6) is 11.5 Å². The van der Waals surface area contributed by atoms with Gasteiger partial charge in [-0.3, -0.25) is 9.67 Å². The first-order chi connectivity index (χ1) is 11.1. The maximum absolute atomic E-state index is 12.6. The van der Waals surface area contributed by atoms with Gasteiger partial charge in [0.2, 0.25) is 0 Å². The quantitative estimate of drug-likeness (QED) is 0.659. The Kier molecular flexibility index (Phi) is 4.47. The van der Waals surface area contributed by atoms with E-state index in [9.17, 15) is 8.78 Å². The standard InChI is InChI=1S/C15H11ClF2N4O/c16-13-7-10(4-6-20-13)23-12-8-22(9-14(17)18)21-15(12)11-3-1-2-5-19-11/h1-8,14H,9H2. The summed E-state index contributed by atoms with van der Waals surface area (Å²) in [5.74, 6) is 0.741. The average molecular weight is 337 g/mol. The van der Waals surface area contributed by atoms with Crippen molar-refractivity contribution in [3.05, 3.63) is 54.1 Å². The SMILES string of the molecule is FC(F)Cn1cc(Oc2ccnc(Cl)c2)c(-c2ccccn2)n1. The first kappa shape index (κ1) is 15.4. The molecule has 0 aliphatic carbocycles. The molecule has 0 atom stereocenters. The summed E-state index contributed by atoms with van der Waals surface area (Å²) in [4.78, 5) is 8.04. The average Bonchev–Trinajstić information content (AvgIpc) is 2.90. The zero-order valence-electron chi connectivity index (χ0n) is 11.7. The molecule has 0 bridgehead atoms. The van der Waals surface area contributed by atoms with Crippen molar-refractivity contribution in [2.45, 2.75) is 13.0 Å². The summed E-state index contributed by atoms with van der Waals surface area (Å²) in [7, 11) is 0. The first-order valence-corrected chi connectivity index (χ1v) is 7.06. The lowest BCUT2D eigenvalue weighted by molar-refractivity contribution is 0.122. The van der Waals surface area contributed by atoms with E-state index in [1.54, 1.807) is 30.5 Å². The number of hydrogen-bond acceptors (Lipinski definition) is 4. The number of alkyl halides is 2. The van der Waals surface area contributed by atoms with E-state index in [0.717, 1.165) is 4.68 Å². The first-order valence-electron chi connectivity index (χ1n) is 6.68. The fraction of sp³-hybridized carbons (Fsp3) is 0.133. The Bertz CT molecular complexity index is 795. The maximum Gasteiger partial charge on any atom is 0.257 e. The minimum absolute atomic E-state index is 0.266. The lowest BCUT2D eigenvalue weighted by Crippen LogP contribution is -2.06.